The summed E-state index contributed by atoms with van der Waals surface area (Å²) in [5.41, 5.74) is 0.604. The smallest absolute Gasteiger partial charge is 0.149 e. The molecule has 3 heteroatoms. The Balaban J connectivity index is 2.94. The van der Waals surface area contributed by atoms with Gasteiger partial charge in [-0.2, -0.15) is 0 Å². The van der Waals surface area contributed by atoms with E-state index in [1.807, 2.05) is 11.8 Å². The lowest BCUT2D eigenvalue weighted by Gasteiger charge is -2.33. The molecule has 0 bridgehead atoms. The Kier molecular flexibility index (Phi) is 4.49. The van der Waals surface area contributed by atoms with E-state index in [0.29, 0.717) is 12.2 Å². The summed E-state index contributed by atoms with van der Waals surface area (Å²) in [6.07, 6.45) is 1.02. The van der Waals surface area contributed by atoms with Gasteiger partial charge in [0.15, 0.2) is 0 Å². The van der Waals surface area contributed by atoms with Crippen LogP contribution in [-0.2, 0) is 0 Å². The molecule has 0 radical (unpaired) electrons. The zero-order valence-corrected chi connectivity index (χ0v) is 11.1. The van der Waals surface area contributed by atoms with Gasteiger partial charge in [-0.05, 0) is 30.9 Å². The number of anilines is 1. The summed E-state index contributed by atoms with van der Waals surface area (Å²) >= 11 is 0. The molecule has 1 rings (SSSR count). The van der Waals surface area contributed by atoms with E-state index in [-0.39, 0.29) is 5.41 Å². The van der Waals surface area contributed by atoms with Crippen LogP contribution >= 0.6 is 0 Å². The van der Waals surface area contributed by atoms with Crippen LogP contribution in [0.3, 0.4) is 0 Å². The maximum atomic E-state index is 13.7. The number of rotatable bonds is 5. The Labute approximate surface area is 102 Å². The zero-order chi connectivity index (χ0) is 13.1. The first-order chi connectivity index (χ1) is 7.89. The molecular weight excluding hydrogens is 220 g/mol. The largest absolute Gasteiger partial charge is 0.369 e. The zero-order valence-electron chi connectivity index (χ0n) is 11.1. The second-order valence-corrected chi connectivity index (χ2v) is 5.13. The summed E-state index contributed by atoms with van der Waals surface area (Å²) in [4.78, 5) is 1.96. The Morgan fingerprint density at radius 2 is 1.82 bits per heavy atom. The molecule has 0 heterocycles. The third-order valence-corrected chi connectivity index (χ3v) is 3.21. The number of benzene rings is 1. The molecule has 96 valence electrons. The molecule has 0 fully saturated rings. The summed E-state index contributed by atoms with van der Waals surface area (Å²) in [6.45, 7) is 9.88. The van der Waals surface area contributed by atoms with Gasteiger partial charge in [-0.25, -0.2) is 8.78 Å². The maximum Gasteiger partial charge on any atom is 0.149 e. The van der Waals surface area contributed by atoms with Gasteiger partial charge in [0, 0.05) is 19.2 Å². The highest BCUT2D eigenvalue weighted by molar-refractivity contribution is 5.47. The number of hydrogen-bond donors (Lipinski definition) is 0. The van der Waals surface area contributed by atoms with Crippen LogP contribution < -0.4 is 4.90 Å². The molecule has 0 saturated carbocycles. The lowest BCUT2D eigenvalue weighted by molar-refractivity contribution is 0.352. The van der Waals surface area contributed by atoms with Crippen molar-refractivity contribution in [2.24, 2.45) is 5.41 Å². The van der Waals surface area contributed by atoms with E-state index in [1.54, 1.807) is 0 Å². The van der Waals surface area contributed by atoms with Gasteiger partial charge in [-0.1, -0.05) is 20.8 Å². The SMILES string of the molecule is CCN(CC(C)(C)CC)c1ccc(F)cc1F. The average Bonchev–Trinajstić information content (AvgIpc) is 2.26. The molecule has 0 aliphatic heterocycles. The topological polar surface area (TPSA) is 3.24 Å². The normalized spacial score (nSPS) is 11.6. The Morgan fingerprint density at radius 1 is 1.18 bits per heavy atom. The van der Waals surface area contributed by atoms with Gasteiger partial charge >= 0.3 is 0 Å². The van der Waals surface area contributed by atoms with Gasteiger partial charge in [-0.3, -0.25) is 0 Å². The van der Waals surface area contributed by atoms with Gasteiger partial charge in [0.05, 0.1) is 5.69 Å². The molecule has 0 aromatic heterocycles. The van der Waals surface area contributed by atoms with E-state index >= 15 is 0 Å². The van der Waals surface area contributed by atoms with Crippen LogP contribution in [0.1, 0.15) is 34.1 Å². The van der Waals surface area contributed by atoms with E-state index in [9.17, 15) is 8.78 Å². The third kappa shape index (κ3) is 3.69. The molecule has 0 N–H and O–H groups in total. The molecule has 0 saturated heterocycles. The van der Waals surface area contributed by atoms with E-state index in [2.05, 4.69) is 20.8 Å². The van der Waals surface area contributed by atoms with Gasteiger partial charge in [0.1, 0.15) is 11.6 Å². The van der Waals surface area contributed by atoms with Crippen LogP contribution in [0.4, 0.5) is 14.5 Å². The minimum Gasteiger partial charge on any atom is -0.369 e. The number of hydrogen-bond acceptors (Lipinski definition) is 1. The summed E-state index contributed by atoms with van der Waals surface area (Å²) in [6, 6.07) is 3.76. The van der Waals surface area contributed by atoms with Crippen LogP contribution in [0.5, 0.6) is 0 Å². The molecule has 1 nitrogen and oxygen atoms in total. The highest BCUT2D eigenvalue weighted by Gasteiger charge is 2.21. The van der Waals surface area contributed by atoms with Crippen molar-refractivity contribution in [1.82, 2.24) is 0 Å². The average molecular weight is 241 g/mol. The molecule has 0 amide bonds. The molecule has 0 aliphatic rings. The maximum absolute atomic E-state index is 13.7. The lowest BCUT2D eigenvalue weighted by Crippen LogP contribution is -2.34. The van der Waals surface area contributed by atoms with Crippen molar-refractivity contribution in [2.75, 3.05) is 18.0 Å². The molecule has 17 heavy (non-hydrogen) atoms. The van der Waals surface area contributed by atoms with E-state index < -0.39 is 11.6 Å². The third-order valence-electron chi connectivity index (χ3n) is 3.21. The van der Waals surface area contributed by atoms with Crippen molar-refractivity contribution in [3.63, 3.8) is 0 Å². The highest BCUT2D eigenvalue weighted by atomic mass is 19.1. The summed E-state index contributed by atoms with van der Waals surface area (Å²) in [5.74, 6) is -1.02. The van der Waals surface area contributed by atoms with Gasteiger partial charge in [-0.15, -0.1) is 0 Å². The van der Waals surface area contributed by atoms with Crippen LogP contribution in [0.15, 0.2) is 18.2 Å². The van der Waals surface area contributed by atoms with Gasteiger partial charge < -0.3 is 4.90 Å². The Bertz CT molecular complexity index is 374. The second kappa shape index (κ2) is 5.48. The van der Waals surface area contributed by atoms with Crippen molar-refractivity contribution >= 4 is 5.69 Å². The Hall–Kier alpha value is -1.12. The van der Waals surface area contributed by atoms with E-state index in [4.69, 9.17) is 0 Å². The molecule has 0 atom stereocenters. The van der Waals surface area contributed by atoms with E-state index in [0.717, 1.165) is 19.0 Å². The first-order valence-corrected chi connectivity index (χ1v) is 6.09. The standard InChI is InChI=1S/C14H21F2N/c1-5-14(3,4)10-17(6-2)13-8-7-11(15)9-12(13)16/h7-9H,5-6,10H2,1-4H3. The van der Waals surface area contributed by atoms with Crippen molar-refractivity contribution in [2.45, 2.75) is 34.1 Å². The van der Waals surface area contributed by atoms with E-state index in [1.165, 1.54) is 12.1 Å². The van der Waals surface area contributed by atoms with Crippen LogP contribution in [0.2, 0.25) is 0 Å². The van der Waals surface area contributed by atoms with Crippen LogP contribution in [0, 0.1) is 17.0 Å². The summed E-state index contributed by atoms with van der Waals surface area (Å²) in [5, 5.41) is 0. The minimum atomic E-state index is -0.531. The van der Waals surface area contributed by atoms with Crippen molar-refractivity contribution in [3.8, 4) is 0 Å². The monoisotopic (exact) mass is 241 g/mol. The number of nitrogens with zero attached hydrogens (tertiary/aromatic N) is 1. The predicted octanol–water partition coefficient (Wildman–Crippen LogP) is 4.23. The van der Waals surface area contributed by atoms with Crippen molar-refractivity contribution in [3.05, 3.63) is 29.8 Å². The first-order valence-electron chi connectivity index (χ1n) is 6.09. The first kappa shape index (κ1) is 13.9. The summed E-state index contributed by atoms with van der Waals surface area (Å²) < 4.78 is 26.5. The minimum absolute atomic E-state index is 0.122. The Morgan fingerprint density at radius 3 is 2.29 bits per heavy atom. The predicted molar refractivity (Wildman–Crippen MR) is 68.3 cm³/mol. The molecule has 0 aliphatic carbocycles. The fourth-order valence-corrected chi connectivity index (χ4v) is 1.73. The van der Waals surface area contributed by atoms with Crippen LogP contribution in [0.25, 0.3) is 0 Å². The second-order valence-electron chi connectivity index (χ2n) is 5.13. The molecule has 1 aromatic carbocycles. The number of halogens is 2. The lowest BCUT2D eigenvalue weighted by atomic mass is 9.89. The highest BCUT2D eigenvalue weighted by Crippen LogP contribution is 2.27. The van der Waals surface area contributed by atoms with Crippen molar-refractivity contribution in [1.29, 1.82) is 0 Å². The van der Waals surface area contributed by atoms with Crippen LogP contribution in [-0.4, -0.2) is 13.1 Å². The fourth-order valence-electron chi connectivity index (χ4n) is 1.73. The molecule has 1 aromatic rings. The molecular formula is C14H21F2N. The van der Waals surface area contributed by atoms with Crippen molar-refractivity contribution < 1.29 is 8.78 Å². The van der Waals surface area contributed by atoms with Gasteiger partial charge in [0.25, 0.3) is 0 Å². The quantitative estimate of drug-likeness (QED) is 0.745. The summed E-state index contributed by atoms with van der Waals surface area (Å²) in [7, 11) is 0. The molecule has 0 unspecified atom stereocenters. The molecule has 0 spiro atoms. The van der Waals surface area contributed by atoms with Gasteiger partial charge in [0.2, 0.25) is 0 Å². The fraction of sp³-hybridized carbons (Fsp3) is 0.571.